The molecule has 0 fully saturated rings. The number of hydrogen-bond donors (Lipinski definition) is 1. The van der Waals surface area contributed by atoms with E-state index in [1.165, 1.54) is 0 Å². The molecule has 21 heavy (non-hydrogen) atoms. The Morgan fingerprint density at radius 2 is 2.00 bits per heavy atom. The van der Waals surface area contributed by atoms with Crippen LogP contribution >= 0.6 is 0 Å². The predicted molar refractivity (Wildman–Crippen MR) is 82.7 cm³/mol. The van der Waals surface area contributed by atoms with E-state index in [1.807, 2.05) is 63.2 Å². The number of ether oxygens (including phenoxy) is 1. The number of carbonyl (C=O) groups is 1. The highest BCUT2D eigenvalue weighted by atomic mass is 16.6. The Kier molecular flexibility index (Phi) is 4.58. The first kappa shape index (κ1) is 15.0. The molecule has 1 aromatic carbocycles. The summed E-state index contributed by atoms with van der Waals surface area (Å²) < 4.78 is 5.21. The van der Waals surface area contributed by atoms with Gasteiger partial charge in [-0.2, -0.15) is 0 Å². The number of hydrogen-bond acceptors (Lipinski definition) is 3. The number of nitrogens with zero attached hydrogens (tertiary/aromatic N) is 1. The molecule has 0 aliphatic carbocycles. The third-order valence-electron chi connectivity index (χ3n) is 2.72. The van der Waals surface area contributed by atoms with E-state index in [0.29, 0.717) is 6.54 Å². The summed E-state index contributed by atoms with van der Waals surface area (Å²) in [6.45, 7) is 5.95. The third kappa shape index (κ3) is 4.91. The molecule has 0 aliphatic rings. The minimum Gasteiger partial charge on any atom is -0.444 e. The molecule has 0 spiro atoms. The molecular formula is C17H20N2O2. The fraction of sp³-hybridized carbons (Fsp3) is 0.294. The van der Waals surface area contributed by atoms with Gasteiger partial charge in [-0.3, -0.25) is 4.98 Å². The lowest BCUT2D eigenvalue weighted by Crippen LogP contribution is -2.32. The Balaban J connectivity index is 2.01. The molecule has 0 unspecified atom stereocenters. The van der Waals surface area contributed by atoms with Crippen molar-refractivity contribution in [2.24, 2.45) is 0 Å². The fourth-order valence-electron chi connectivity index (χ4n) is 1.86. The molecule has 2 aromatic rings. The largest absolute Gasteiger partial charge is 0.444 e. The van der Waals surface area contributed by atoms with Crippen LogP contribution in [0.5, 0.6) is 0 Å². The maximum absolute atomic E-state index is 11.6. The monoisotopic (exact) mass is 284 g/mol. The number of alkyl carbamates (subject to hydrolysis) is 1. The van der Waals surface area contributed by atoms with E-state index >= 15 is 0 Å². The van der Waals surface area contributed by atoms with Crippen molar-refractivity contribution in [3.8, 4) is 11.3 Å². The average molecular weight is 284 g/mol. The SMILES string of the molecule is CC(C)(C)OC(=O)NCc1cccc(-c2ccccn2)c1. The van der Waals surface area contributed by atoms with Crippen LogP contribution in [0.1, 0.15) is 26.3 Å². The second-order valence-electron chi connectivity index (χ2n) is 5.77. The minimum absolute atomic E-state index is 0.411. The maximum Gasteiger partial charge on any atom is 0.407 e. The first-order valence-electron chi connectivity index (χ1n) is 6.91. The van der Waals surface area contributed by atoms with E-state index in [4.69, 9.17) is 4.74 Å². The molecule has 0 radical (unpaired) electrons. The van der Waals surface area contributed by atoms with Crippen molar-refractivity contribution >= 4 is 6.09 Å². The summed E-state index contributed by atoms with van der Waals surface area (Å²) >= 11 is 0. The summed E-state index contributed by atoms with van der Waals surface area (Å²) in [5.74, 6) is 0. The Bertz CT molecular complexity index is 604. The van der Waals surface area contributed by atoms with Crippen LogP contribution in [0.2, 0.25) is 0 Å². The Labute approximate surface area is 125 Å². The van der Waals surface area contributed by atoms with Gasteiger partial charge in [-0.25, -0.2) is 4.79 Å². The summed E-state index contributed by atoms with van der Waals surface area (Å²) in [7, 11) is 0. The number of aromatic nitrogens is 1. The molecule has 1 amide bonds. The van der Waals surface area contributed by atoms with Gasteiger partial charge in [0.2, 0.25) is 0 Å². The van der Waals surface area contributed by atoms with Crippen molar-refractivity contribution < 1.29 is 9.53 Å². The van der Waals surface area contributed by atoms with Gasteiger partial charge in [0.1, 0.15) is 5.60 Å². The van der Waals surface area contributed by atoms with Crippen molar-refractivity contribution in [2.45, 2.75) is 32.9 Å². The van der Waals surface area contributed by atoms with Gasteiger partial charge in [0, 0.05) is 18.3 Å². The summed E-state index contributed by atoms with van der Waals surface area (Å²) in [5.41, 5.74) is 2.46. The zero-order valence-electron chi connectivity index (χ0n) is 12.6. The zero-order valence-corrected chi connectivity index (χ0v) is 12.6. The number of carbonyl (C=O) groups excluding carboxylic acids is 1. The van der Waals surface area contributed by atoms with E-state index in [2.05, 4.69) is 10.3 Å². The topological polar surface area (TPSA) is 51.2 Å². The minimum atomic E-state index is -0.486. The quantitative estimate of drug-likeness (QED) is 0.933. The van der Waals surface area contributed by atoms with Crippen LogP contribution < -0.4 is 5.32 Å². The van der Waals surface area contributed by atoms with Crippen LogP contribution in [0.25, 0.3) is 11.3 Å². The van der Waals surface area contributed by atoms with E-state index in [0.717, 1.165) is 16.8 Å². The fourth-order valence-corrected chi connectivity index (χ4v) is 1.86. The van der Waals surface area contributed by atoms with Crippen LogP contribution in [0.3, 0.4) is 0 Å². The molecule has 4 nitrogen and oxygen atoms in total. The average Bonchev–Trinajstić information content (AvgIpc) is 2.45. The molecule has 0 saturated heterocycles. The van der Waals surface area contributed by atoms with Crippen molar-refractivity contribution in [1.29, 1.82) is 0 Å². The summed E-state index contributed by atoms with van der Waals surface area (Å²) in [6.07, 6.45) is 1.35. The highest BCUT2D eigenvalue weighted by Gasteiger charge is 2.15. The molecule has 110 valence electrons. The molecule has 0 atom stereocenters. The van der Waals surface area contributed by atoms with Crippen LogP contribution in [-0.2, 0) is 11.3 Å². The van der Waals surface area contributed by atoms with Crippen molar-refractivity contribution in [3.63, 3.8) is 0 Å². The molecule has 1 N–H and O–H groups in total. The second kappa shape index (κ2) is 6.39. The lowest BCUT2D eigenvalue weighted by atomic mass is 10.1. The Hall–Kier alpha value is -2.36. The lowest BCUT2D eigenvalue weighted by molar-refractivity contribution is 0.0523. The van der Waals surface area contributed by atoms with Gasteiger partial charge in [0.05, 0.1) is 5.69 Å². The molecule has 1 heterocycles. The Morgan fingerprint density at radius 3 is 2.67 bits per heavy atom. The van der Waals surface area contributed by atoms with Crippen molar-refractivity contribution in [3.05, 3.63) is 54.2 Å². The standard InChI is InChI=1S/C17H20N2O2/c1-17(2,3)21-16(20)19-12-13-7-6-8-14(11-13)15-9-4-5-10-18-15/h4-11H,12H2,1-3H3,(H,19,20). The number of pyridine rings is 1. The van der Waals surface area contributed by atoms with E-state index in [-0.39, 0.29) is 0 Å². The highest BCUT2D eigenvalue weighted by Crippen LogP contribution is 2.17. The van der Waals surface area contributed by atoms with Crippen LogP contribution in [0, 0.1) is 0 Å². The maximum atomic E-state index is 11.6. The van der Waals surface area contributed by atoms with E-state index < -0.39 is 11.7 Å². The van der Waals surface area contributed by atoms with Gasteiger partial charge in [0.15, 0.2) is 0 Å². The number of benzene rings is 1. The van der Waals surface area contributed by atoms with E-state index in [9.17, 15) is 4.79 Å². The first-order valence-corrected chi connectivity index (χ1v) is 6.91. The highest BCUT2D eigenvalue weighted by molar-refractivity contribution is 5.68. The molecule has 0 saturated carbocycles. The van der Waals surface area contributed by atoms with Crippen molar-refractivity contribution in [1.82, 2.24) is 10.3 Å². The third-order valence-corrected chi connectivity index (χ3v) is 2.72. The number of nitrogens with one attached hydrogen (secondary N) is 1. The summed E-state index contributed by atoms with van der Waals surface area (Å²) in [5, 5.41) is 2.75. The van der Waals surface area contributed by atoms with Gasteiger partial charge in [-0.1, -0.05) is 24.3 Å². The van der Waals surface area contributed by atoms with Gasteiger partial charge in [-0.15, -0.1) is 0 Å². The lowest BCUT2D eigenvalue weighted by Gasteiger charge is -2.19. The Morgan fingerprint density at radius 1 is 1.19 bits per heavy atom. The smallest absolute Gasteiger partial charge is 0.407 e. The van der Waals surface area contributed by atoms with Gasteiger partial charge >= 0.3 is 6.09 Å². The number of rotatable bonds is 3. The molecule has 2 rings (SSSR count). The van der Waals surface area contributed by atoms with Crippen molar-refractivity contribution in [2.75, 3.05) is 0 Å². The molecular weight excluding hydrogens is 264 g/mol. The normalized spacial score (nSPS) is 11.0. The van der Waals surface area contributed by atoms with Crippen LogP contribution in [-0.4, -0.2) is 16.7 Å². The molecule has 4 heteroatoms. The second-order valence-corrected chi connectivity index (χ2v) is 5.77. The van der Waals surface area contributed by atoms with Gasteiger partial charge in [0.25, 0.3) is 0 Å². The van der Waals surface area contributed by atoms with Gasteiger partial charge < -0.3 is 10.1 Å². The zero-order chi connectivity index (χ0) is 15.3. The molecule has 0 aliphatic heterocycles. The van der Waals surface area contributed by atoms with Gasteiger partial charge in [-0.05, 0) is 44.5 Å². The number of amides is 1. The predicted octanol–water partition coefficient (Wildman–Crippen LogP) is 3.77. The van der Waals surface area contributed by atoms with Crippen LogP contribution in [0.15, 0.2) is 48.7 Å². The summed E-state index contributed by atoms with van der Waals surface area (Å²) in [4.78, 5) is 16.0. The molecule has 0 bridgehead atoms. The van der Waals surface area contributed by atoms with E-state index in [1.54, 1.807) is 6.20 Å². The van der Waals surface area contributed by atoms with Crippen LogP contribution in [0.4, 0.5) is 4.79 Å². The first-order chi connectivity index (χ1) is 9.94. The molecule has 1 aromatic heterocycles. The summed E-state index contributed by atoms with van der Waals surface area (Å²) in [6, 6.07) is 13.7.